The van der Waals surface area contributed by atoms with E-state index in [2.05, 4.69) is 10.1 Å². The van der Waals surface area contributed by atoms with E-state index in [0.29, 0.717) is 30.7 Å². The summed E-state index contributed by atoms with van der Waals surface area (Å²) in [6, 6.07) is 4.78. The number of rotatable bonds is 7. The molecule has 1 saturated heterocycles. The third-order valence-electron chi connectivity index (χ3n) is 4.76. The number of hydrogen-bond acceptors (Lipinski definition) is 8. The van der Waals surface area contributed by atoms with Gasteiger partial charge in [-0.05, 0) is 38.3 Å². The van der Waals surface area contributed by atoms with Gasteiger partial charge in [0.2, 0.25) is 10.0 Å². The molecule has 1 aromatic carbocycles. The van der Waals surface area contributed by atoms with Gasteiger partial charge < -0.3 is 9.26 Å². The average Bonchev–Trinajstić information content (AvgIpc) is 3.20. The van der Waals surface area contributed by atoms with Crippen LogP contribution in [0.5, 0.6) is 0 Å². The van der Waals surface area contributed by atoms with Crippen LogP contribution >= 0.6 is 0 Å². The summed E-state index contributed by atoms with van der Waals surface area (Å²) in [6.45, 7) is 3.29. The molecule has 0 saturated carbocycles. The number of benzene rings is 1. The Kier molecular flexibility index (Phi) is 6.43. The van der Waals surface area contributed by atoms with Crippen molar-refractivity contribution in [2.24, 2.45) is 0 Å². The van der Waals surface area contributed by atoms with Gasteiger partial charge in [0.15, 0.2) is 18.2 Å². The van der Waals surface area contributed by atoms with Gasteiger partial charge >= 0.3 is 5.97 Å². The molecule has 0 spiro atoms. The quantitative estimate of drug-likeness (QED) is 0.492. The monoisotopic (exact) mass is 421 g/mol. The van der Waals surface area contributed by atoms with Gasteiger partial charge in [0.05, 0.1) is 4.90 Å². The van der Waals surface area contributed by atoms with Crippen LogP contribution in [0.4, 0.5) is 0 Å². The second kappa shape index (κ2) is 8.83. The normalized spacial score (nSPS) is 17.8. The van der Waals surface area contributed by atoms with E-state index in [0.717, 1.165) is 6.42 Å². The molecule has 9 nitrogen and oxygen atoms in total. The smallest absolute Gasteiger partial charge is 0.324 e. The summed E-state index contributed by atoms with van der Waals surface area (Å²) >= 11 is 0. The van der Waals surface area contributed by atoms with Gasteiger partial charge in [0.1, 0.15) is 6.04 Å². The van der Waals surface area contributed by atoms with Crippen LogP contribution in [0.1, 0.15) is 55.2 Å². The van der Waals surface area contributed by atoms with Crippen molar-refractivity contribution in [3.8, 4) is 0 Å². The van der Waals surface area contributed by atoms with Gasteiger partial charge in [-0.2, -0.15) is 9.29 Å². The summed E-state index contributed by atoms with van der Waals surface area (Å²) in [5, 5.41) is 3.73. The zero-order valence-corrected chi connectivity index (χ0v) is 17.1. The van der Waals surface area contributed by atoms with Gasteiger partial charge in [-0.15, -0.1) is 0 Å². The lowest BCUT2D eigenvalue weighted by molar-refractivity contribution is -0.151. The zero-order valence-electron chi connectivity index (χ0n) is 16.3. The molecule has 29 heavy (non-hydrogen) atoms. The molecule has 1 aliphatic heterocycles. The van der Waals surface area contributed by atoms with E-state index in [4.69, 9.17) is 9.26 Å². The van der Waals surface area contributed by atoms with Crippen molar-refractivity contribution < 1.29 is 27.3 Å². The maximum Gasteiger partial charge on any atom is 0.324 e. The van der Waals surface area contributed by atoms with E-state index >= 15 is 0 Å². The van der Waals surface area contributed by atoms with Crippen molar-refractivity contribution in [2.75, 3.05) is 6.54 Å². The zero-order chi connectivity index (χ0) is 21.0. The Hall–Kier alpha value is -2.59. The first-order chi connectivity index (χ1) is 13.8. The number of hydrogen-bond donors (Lipinski definition) is 0. The maximum atomic E-state index is 13.1. The number of esters is 1. The molecule has 1 unspecified atom stereocenters. The summed E-state index contributed by atoms with van der Waals surface area (Å²) in [6.07, 6.45) is 2.33. The van der Waals surface area contributed by atoms with E-state index < -0.39 is 22.0 Å². The fraction of sp³-hybridized carbons (Fsp3) is 0.474. The lowest BCUT2D eigenvalue weighted by atomic mass is 10.1. The summed E-state index contributed by atoms with van der Waals surface area (Å²) in [4.78, 5) is 28.1. The molecule has 10 heteroatoms. The van der Waals surface area contributed by atoms with Crippen LogP contribution in [-0.4, -0.2) is 47.2 Å². The van der Waals surface area contributed by atoms with Gasteiger partial charge in [-0.25, -0.2) is 8.42 Å². The molecule has 2 heterocycles. The molecule has 1 fully saturated rings. The third-order valence-corrected chi connectivity index (χ3v) is 6.68. The molecule has 0 aliphatic carbocycles. The van der Waals surface area contributed by atoms with Crippen LogP contribution < -0.4 is 0 Å². The molecule has 1 aromatic heterocycles. The number of ether oxygens (including phenoxy) is 1. The number of aromatic nitrogens is 2. The van der Waals surface area contributed by atoms with Crippen LogP contribution in [0, 0.1) is 0 Å². The highest BCUT2D eigenvalue weighted by molar-refractivity contribution is 7.89. The number of sulfonamides is 1. The van der Waals surface area contributed by atoms with Gasteiger partial charge in [0, 0.05) is 18.5 Å². The van der Waals surface area contributed by atoms with Crippen molar-refractivity contribution in [1.29, 1.82) is 0 Å². The summed E-state index contributed by atoms with van der Waals surface area (Å²) in [7, 11) is -3.91. The number of nitrogens with zero attached hydrogens (tertiary/aromatic N) is 3. The fourth-order valence-corrected chi connectivity index (χ4v) is 4.79. The second-order valence-electron chi connectivity index (χ2n) is 6.77. The van der Waals surface area contributed by atoms with Crippen LogP contribution in [0.2, 0.25) is 0 Å². The fourth-order valence-electron chi connectivity index (χ4n) is 3.15. The van der Waals surface area contributed by atoms with E-state index in [-0.39, 0.29) is 29.7 Å². The Morgan fingerprint density at radius 2 is 1.97 bits per heavy atom. The maximum absolute atomic E-state index is 13.1. The van der Waals surface area contributed by atoms with Gasteiger partial charge in [-0.1, -0.05) is 24.2 Å². The Bertz CT molecular complexity index is 984. The predicted octanol–water partition coefficient (Wildman–Crippen LogP) is 2.12. The summed E-state index contributed by atoms with van der Waals surface area (Å²) in [5.41, 5.74) is 0.421. The van der Waals surface area contributed by atoms with Gasteiger partial charge in [0.25, 0.3) is 5.89 Å². The van der Waals surface area contributed by atoms with Crippen molar-refractivity contribution in [3.05, 3.63) is 41.5 Å². The van der Waals surface area contributed by atoms with E-state index in [1.807, 2.05) is 6.92 Å². The van der Waals surface area contributed by atoms with Crippen molar-refractivity contribution >= 4 is 21.8 Å². The Labute approximate surface area is 169 Å². The largest absolute Gasteiger partial charge is 0.454 e. The lowest BCUT2D eigenvalue weighted by Crippen LogP contribution is -2.48. The molecule has 156 valence electrons. The molecule has 1 atom stereocenters. The Morgan fingerprint density at radius 1 is 1.24 bits per heavy atom. The molecule has 1 aliphatic rings. The average molecular weight is 421 g/mol. The first kappa shape index (κ1) is 21.1. The number of carbonyl (C=O) groups excluding carboxylic acids is 2. The van der Waals surface area contributed by atoms with Crippen LogP contribution in [0.3, 0.4) is 0 Å². The SMILES string of the molecule is CCc1noc(COC(=O)C2CCCCN2S(=O)(=O)c2ccc(C(C)=O)cc2)n1. The van der Waals surface area contributed by atoms with E-state index in [1.165, 1.54) is 35.5 Å². The summed E-state index contributed by atoms with van der Waals surface area (Å²) in [5.74, 6) is -0.127. The highest BCUT2D eigenvalue weighted by atomic mass is 32.2. The molecule has 0 radical (unpaired) electrons. The third kappa shape index (κ3) is 4.70. The minimum atomic E-state index is -3.91. The predicted molar refractivity (Wildman–Crippen MR) is 101 cm³/mol. The molecular formula is C19H23N3O6S. The second-order valence-corrected chi connectivity index (χ2v) is 8.66. The molecular weight excluding hydrogens is 398 g/mol. The molecule has 3 rings (SSSR count). The minimum absolute atomic E-state index is 0.0340. The van der Waals surface area contributed by atoms with E-state index in [9.17, 15) is 18.0 Å². The number of carbonyl (C=O) groups is 2. The Morgan fingerprint density at radius 3 is 2.59 bits per heavy atom. The summed E-state index contributed by atoms with van der Waals surface area (Å²) < 4.78 is 37.6. The van der Waals surface area contributed by atoms with Crippen molar-refractivity contribution in [1.82, 2.24) is 14.4 Å². The van der Waals surface area contributed by atoms with Crippen LogP contribution in [0.15, 0.2) is 33.7 Å². The van der Waals surface area contributed by atoms with Crippen molar-refractivity contribution in [2.45, 2.75) is 57.1 Å². The molecule has 0 N–H and O–H groups in total. The molecule has 2 aromatic rings. The van der Waals surface area contributed by atoms with Gasteiger partial charge in [-0.3, -0.25) is 9.59 Å². The van der Waals surface area contributed by atoms with Crippen LogP contribution in [-0.2, 0) is 32.6 Å². The van der Waals surface area contributed by atoms with Crippen molar-refractivity contribution in [3.63, 3.8) is 0 Å². The molecule has 0 amide bonds. The topological polar surface area (TPSA) is 120 Å². The minimum Gasteiger partial charge on any atom is -0.454 e. The first-order valence-corrected chi connectivity index (χ1v) is 10.9. The first-order valence-electron chi connectivity index (χ1n) is 9.44. The standard InChI is InChI=1S/C19H23N3O6S/c1-3-17-20-18(28-21-17)12-27-19(24)16-6-4-5-11-22(16)29(25,26)15-9-7-14(8-10-15)13(2)23/h7-10,16H,3-6,11-12H2,1-2H3. The molecule has 0 bridgehead atoms. The number of ketones is 1. The highest BCUT2D eigenvalue weighted by Crippen LogP contribution is 2.26. The number of aryl methyl sites for hydroxylation is 1. The number of Topliss-reactive ketones (excluding diaryl/α,β-unsaturated/α-hetero) is 1. The lowest BCUT2D eigenvalue weighted by Gasteiger charge is -2.32. The van der Waals surface area contributed by atoms with E-state index in [1.54, 1.807) is 0 Å². The highest BCUT2D eigenvalue weighted by Gasteiger charge is 2.38. The number of piperidine rings is 1. The van der Waals surface area contributed by atoms with Crippen LogP contribution in [0.25, 0.3) is 0 Å². The Balaban J connectivity index is 1.75.